The summed E-state index contributed by atoms with van der Waals surface area (Å²) in [6.45, 7) is 0.437. The van der Waals surface area contributed by atoms with Gasteiger partial charge >= 0.3 is 0 Å². The van der Waals surface area contributed by atoms with E-state index in [9.17, 15) is 9.59 Å². The molecule has 1 saturated carbocycles. The topological polar surface area (TPSA) is 61.2 Å². The highest BCUT2D eigenvalue weighted by molar-refractivity contribution is 5.99. The Morgan fingerprint density at radius 2 is 2.00 bits per heavy atom. The second kappa shape index (κ2) is 4.01. The van der Waals surface area contributed by atoms with Crippen LogP contribution in [0.4, 0.5) is 0 Å². The fraction of sp³-hybridized carbons (Fsp3) is 0.727. The van der Waals surface area contributed by atoms with Gasteiger partial charge in [0, 0.05) is 12.5 Å². The molecule has 0 bridgehead atoms. The van der Waals surface area contributed by atoms with Crippen LogP contribution in [0.5, 0.6) is 0 Å². The van der Waals surface area contributed by atoms with Gasteiger partial charge in [0.15, 0.2) is 0 Å². The molecular weight excluding hydrogens is 192 g/mol. The molecule has 1 aliphatic carbocycles. The minimum atomic E-state index is -0.588. The summed E-state index contributed by atoms with van der Waals surface area (Å²) in [5.74, 6) is -0.883. The van der Waals surface area contributed by atoms with E-state index < -0.39 is 5.92 Å². The zero-order valence-corrected chi connectivity index (χ0v) is 8.61. The van der Waals surface area contributed by atoms with Crippen molar-refractivity contribution in [3.05, 3.63) is 0 Å². The van der Waals surface area contributed by atoms with E-state index in [0.29, 0.717) is 13.0 Å². The third kappa shape index (κ3) is 1.74. The highest BCUT2D eigenvalue weighted by Crippen LogP contribution is 2.29. The lowest BCUT2D eigenvalue weighted by Crippen LogP contribution is -2.37. The number of rotatable bonds is 1. The molecular formula is C11H14N2O2. The molecule has 0 spiro atoms. The molecule has 0 radical (unpaired) electrons. The van der Waals surface area contributed by atoms with E-state index in [1.54, 1.807) is 0 Å². The average Bonchev–Trinajstić information content (AvgIpc) is 2.85. The summed E-state index contributed by atoms with van der Waals surface area (Å²) in [5, 5.41) is 8.69. The van der Waals surface area contributed by atoms with E-state index in [2.05, 4.69) is 0 Å². The minimum absolute atomic E-state index is 0.0337. The van der Waals surface area contributed by atoms with E-state index in [1.807, 2.05) is 6.07 Å². The second-order valence-electron chi connectivity index (χ2n) is 4.28. The molecule has 0 aromatic carbocycles. The van der Waals surface area contributed by atoms with Crippen LogP contribution in [0.1, 0.15) is 32.1 Å². The Kier molecular flexibility index (Phi) is 2.72. The molecule has 1 unspecified atom stereocenters. The molecule has 15 heavy (non-hydrogen) atoms. The van der Waals surface area contributed by atoms with Crippen molar-refractivity contribution in [3.63, 3.8) is 0 Å². The van der Waals surface area contributed by atoms with Crippen LogP contribution in [0.15, 0.2) is 0 Å². The Labute approximate surface area is 88.9 Å². The summed E-state index contributed by atoms with van der Waals surface area (Å²) in [5.41, 5.74) is 0. The van der Waals surface area contributed by atoms with Crippen LogP contribution in [0, 0.1) is 23.2 Å². The number of carbonyl (C=O) groups is 2. The second-order valence-corrected chi connectivity index (χ2v) is 4.28. The van der Waals surface area contributed by atoms with Crippen LogP contribution in [-0.2, 0) is 9.59 Å². The molecule has 0 N–H and O–H groups in total. The van der Waals surface area contributed by atoms with Gasteiger partial charge < -0.3 is 0 Å². The van der Waals surface area contributed by atoms with Crippen molar-refractivity contribution in [1.82, 2.24) is 4.90 Å². The molecule has 0 aromatic heterocycles. The highest BCUT2D eigenvalue weighted by Gasteiger charge is 2.38. The molecule has 1 atom stereocenters. The Balaban J connectivity index is 2.03. The maximum Gasteiger partial charge on any atom is 0.246 e. The van der Waals surface area contributed by atoms with Gasteiger partial charge in [-0.05, 0) is 19.3 Å². The maximum absolute atomic E-state index is 11.9. The average molecular weight is 206 g/mol. The summed E-state index contributed by atoms with van der Waals surface area (Å²) >= 11 is 0. The van der Waals surface area contributed by atoms with Gasteiger partial charge in [-0.15, -0.1) is 0 Å². The summed E-state index contributed by atoms with van der Waals surface area (Å²) in [6.07, 6.45) is 4.48. The molecule has 2 aliphatic rings. The number of likely N-dealkylation sites (tertiary alicyclic amines) is 1. The molecule has 1 heterocycles. The van der Waals surface area contributed by atoms with Crippen molar-refractivity contribution in [2.24, 2.45) is 11.8 Å². The molecule has 80 valence electrons. The predicted molar refractivity (Wildman–Crippen MR) is 52.4 cm³/mol. The fourth-order valence-corrected chi connectivity index (χ4v) is 2.41. The van der Waals surface area contributed by atoms with Crippen LogP contribution in [0.25, 0.3) is 0 Å². The molecule has 1 saturated heterocycles. The monoisotopic (exact) mass is 206 g/mol. The van der Waals surface area contributed by atoms with Crippen LogP contribution < -0.4 is 0 Å². The fourth-order valence-electron chi connectivity index (χ4n) is 2.41. The molecule has 4 heteroatoms. The molecule has 4 nitrogen and oxygen atoms in total. The van der Waals surface area contributed by atoms with Crippen LogP contribution in [0.2, 0.25) is 0 Å². The lowest BCUT2D eigenvalue weighted by atomic mass is 10.1. The van der Waals surface area contributed by atoms with Crippen molar-refractivity contribution in [3.8, 4) is 6.07 Å². The smallest absolute Gasteiger partial charge is 0.246 e. The van der Waals surface area contributed by atoms with E-state index in [1.165, 1.54) is 4.90 Å². The molecule has 2 fully saturated rings. The Morgan fingerprint density at radius 1 is 1.33 bits per heavy atom. The van der Waals surface area contributed by atoms with E-state index >= 15 is 0 Å². The summed E-state index contributed by atoms with van der Waals surface area (Å²) in [7, 11) is 0. The standard InChI is InChI=1S/C11H14N2O2/c12-7-9-5-6-13(11(9)15)10(14)8-3-1-2-4-8/h8-9H,1-6H2. The van der Waals surface area contributed by atoms with E-state index in [-0.39, 0.29) is 17.7 Å². The molecule has 0 aromatic rings. The van der Waals surface area contributed by atoms with Crippen molar-refractivity contribution in [1.29, 1.82) is 5.26 Å². The zero-order valence-electron chi connectivity index (χ0n) is 8.61. The Bertz CT molecular complexity index is 326. The van der Waals surface area contributed by atoms with Gasteiger partial charge in [-0.25, -0.2) is 0 Å². The van der Waals surface area contributed by atoms with Gasteiger partial charge in [0.1, 0.15) is 5.92 Å². The first-order chi connectivity index (χ1) is 7.24. The van der Waals surface area contributed by atoms with Gasteiger partial charge in [-0.3, -0.25) is 14.5 Å². The van der Waals surface area contributed by atoms with E-state index in [0.717, 1.165) is 25.7 Å². The zero-order chi connectivity index (χ0) is 10.8. The first-order valence-electron chi connectivity index (χ1n) is 5.49. The number of carbonyl (C=O) groups excluding carboxylic acids is 2. The van der Waals surface area contributed by atoms with Gasteiger partial charge in [-0.2, -0.15) is 5.26 Å². The molecule has 2 amide bonds. The number of hydrogen-bond acceptors (Lipinski definition) is 3. The van der Waals surface area contributed by atoms with Crippen LogP contribution in [-0.4, -0.2) is 23.3 Å². The van der Waals surface area contributed by atoms with Crippen molar-refractivity contribution in [2.45, 2.75) is 32.1 Å². The van der Waals surface area contributed by atoms with E-state index in [4.69, 9.17) is 5.26 Å². The highest BCUT2D eigenvalue weighted by atomic mass is 16.2. The van der Waals surface area contributed by atoms with Crippen molar-refractivity contribution in [2.75, 3.05) is 6.54 Å². The first-order valence-corrected chi connectivity index (χ1v) is 5.49. The Morgan fingerprint density at radius 3 is 2.53 bits per heavy atom. The van der Waals surface area contributed by atoms with Crippen molar-refractivity contribution < 1.29 is 9.59 Å². The normalized spacial score (nSPS) is 27.0. The maximum atomic E-state index is 11.9. The number of nitrogens with zero attached hydrogens (tertiary/aromatic N) is 2. The Hall–Kier alpha value is -1.37. The lowest BCUT2D eigenvalue weighted by molar-refractivity contribution is -0.145. The third-order valence-corrected chi connectivity index (χ3v) is 3.33. The third-order valence-electron chi connectivity index (χ3n) is 3.33. The number of hydrogen-bond donors (Lipinski definition) is 0. The lowest BCUT2D eigenvalue weighted by Gasteiger charge is -2.17. The predicted octanol–water partition coefficient (Wildman–Crippen LogP) is 1.08. The molecule has 2 rings (SSSR count). The first kappa shape index (κ1) is 10.2. The largest absolute Gasteiger partial charge is 0.281 e. The number of amides is 2. The summed E-state index contributed by atoms with van der Waals surface area (Å²) < 4.78 is 0. The van der Waals surface area contributed by atoms with Gasteiger partial charge in [0.05, 0.1) is 6.07 Å². The quantitative estimate of drug-likeness (QED) is 0.603. The van der Waals surface area contributed by atoms with Gasteiger partial charge in [-0.1, -0.05) is 12.8 Å². The molecule has 1 aliphatic heterocycles. The number of nitriles is 1. The summed E-state index contributed by atoms with van der Waals surface area (Å²) in [4.78, 5) is 24.8. The minimum Gasteiger partial charge on any atom is -0.281 e. The SMILES string of the molecule is N#CC1CCN(C(=O)C2CCCC2)C1=O. The number of imide groups is 1. The van der Waals surface area contributed by atoms with Gasteiger partial charge in [0.2, 0.25) is 11.8 Å². The van der Waals surface area contributed by atoms with Gasteiger partial charge in [0.25, 0.3) is 0 Å². The summed E-state index contributed by atoms with van der Waals surface area (Å²) in [6, 6.07) is 1.95. The van der Waals surface area contributed by atoms with Crippen LogP contribution in [0.3, 0.4) is 0 Å². The van der Waals surface area contributed by atoms with Crippen molar-refractivity contribution >= 4 is 11.8 Å². The van der Waals surface area contributed by atoms with Crippen LogP contribution >= 0.6 is 0 Å².